The van der Waals surface area contributed by atoms with E-state index in [1.807, 2.05) is 0 Å². The normalized spacial score (nSPS) is 26.0. The number of hydrogen-bond donors (Lipinski definition) is 1. The number of amides is 2. The molecular formula is C18H12F3N3O2S. The Bertz CT molecular complexity index is 1090. The lowest BCUT2D eigenvalue weighted by molar-refractivity contribution is 0.182. The first kappa shape index (κ1) is 16.4. The van der Waals surface area contributed by atoms with Gasteiger partial charge in [-0.3, -0.25) is 4.90 Å². The molecule has 2 amide bonds. The average Bonchev–Trinajstić information content (AvgIpc) is 3.18. The van der Waals surface area contributed by atoms with Gasteiger partial charge in [0.15, 0.2) is 16.7 Å². The molecule has 3 atom stereocenters. The Kier molecular flexibility index (Phi) is 3.39. The highest BCUT2D eigenvalue weighted by Crippen LogP contribution is 2.54. The number of alkyl halides is 1. The molecule has 5 rings (SSSR count). The van der Waals surface area contributed by atoms with E-state index in [9.17, 15) is 18.0 Å². The van der Waals surface area contributed by atoms with Gasteiger partial charge in [0.25, 0.3) is 0 Å². The molecule has 27 heavy (non-hydrogen) atoms. The van der Waals surface area contributed by atoms with Gasteiger partial charge in [-0.25, -0.2) is 22.9 Å². The number of aromatic nitrogens is 1. The largest absolute Gasteiger partial charge is 0.489 e. The minimum Gasteiger partial charge on any atom is -0.489 e. The molecule has 3 aliphatic rings. The molecule has 0 bridgehead atoms. The molecule has 2 heterocycles. The van der Waals surface area contributed by atoms with E-state index in [2.05, 4.69) is 4.98 Å². The van der Waals surface area contributed by atoms with Crippen molar-refractivity contribution in [3.8, 4) is 0 Å². The zero-order chi connectivity index (χ0) is 18.9. The lowest BCUT2D eigenvalue weighted by atomic mass is 10.00. The Morgan fingerprint density at radius 2 is 2.19 bits per heavy atom. The number of carbonyl (C=O) groups is 1. The van der Waals surface area contributed by atoms with E-state index in [0.29, 0.717) is 15.8 Å². The maximum atomic E-state index is 14.4. The zero-order valence-electron chi connectivity index (χ0n) is 13.7. The third-order valence-corrected chi connectivity index (χ3v) is 5.94. The Morgan fingerprint density at radius 1 is 1.37 bits per heavy atom. The number of nitrogens with zero attached hydrogens (tertiary/aromatic N) is 2. The molecule has 1 aromatic heterocycles. The van der Waals surface area contributed by atoms with Gasteiger partial charge in [0, 0.05) is 11.5 Å². The van der Waals surface area contributed by atoms with Crippen molar-refractivity contribution in [3.05, 3.63) is 58.9 Å². The summed E-state index contributed by atoms with van der Waals surface area (Å²) in [6, 6.07) is 2.78. The minimum atomic E-state index is -1.51. The zero-order valence-corrected chi connectivity index (χ0v) is 14.5. The fourth-order valence-electron chi connectivity index (χ4n) is 3.71. The molecule has 9 heteroatoms. The van der Waals surface area contributed by atoms with Crippen LogP contribution in [0.5, 0.6) is 0 Å². The number of thiazole rings is 1. The van der Waals surface area contributed by atoms with Crippen LogP contribution in [0.2, 0.25) is 0 Å². The Balaban J connectivity index is 1.60. The van der Waals surface area contributed by atoms with Crippen LogP contribution in [0.15, 0.2) is 53.1 Å². The highest BCUT2D eigenvalue weighted by atomic mass is 32.1. The minimum absolute atomic E-state index is 0.116. The second-order valence-electron chi connectivity index (χ2n) is 6.49. The molecule has 5 nitrogen and oxygen atoms in total. The second kappa shape index (κ2) is 5.59. The van der Waals surface area contributed by atoms with Crippen molar-refractivity contribution in [1.82, 2.24) is 4.98 Å². The first-order valence-electron chi connectivity index (χ1n) is 8.19. The number of ether oxygens (including phenoxy) is 1. The maximum Gasteiger partial charge on any atom is 0.321 e. The van der Waals surface area contributed by atoms with Crippen molar-refractivity contribution in [1.29, 1.82) is 0 Å². The Hall–Kier alpha value is -2.81. The van der Waals surface area contributed by atoms with E-state index in [1.54, 1.807) is 0 Å². The van der Waals surface area contributed by atoms with Gasteiger partial charge < -0.3 is 10.5 Å². The molecule has 1 aliphatic heterocycles. The number of anilines is 1. The number of carbonyl (C=O) groups excluding carboxylic acids is 1. The molecule has 0 radical (unpaired) electrons. The Morgan fingerprint density at radius 3 is 2.96 bits per heavy atom. The molecule has 138 valence electrons. The molecule has 0 spiro atoms. The van der Waals surface area contributed by atoms with Crippen molar-refractivity contribution in [2.75, 3.05) is 11.5 Å². The third kappa shape index (κ3) is 2.38. The predicted molar refractivity (Wildman–Crippen MR) is 94.1 cm³/mol. The number of rotatable bonds is 2. The van der Waals surface area contributed by atoms with Crippen molar-refractivity contribution in [2.45, 2.75) is 12.2 Å². The van der Waals surface area contributed by atoms with Crippen LogP contribution in [0, 0.1) is 11.7 Å². The lowest BCUT2D eigenvalue weighted by Crippen LogP contribution is -2.38. The molecule has 1 unspecified atom stereocenters. The highest BCUT2D eigenvalue weighted by Gasteiger charge is 2.57. The van der Waals surface area contributed by atoms with Crippen LogP contribution in [0.4, 0.5) is 23.1 Å². The summed E-state index contributed by atoms with van der Waals surface area (Å²) in [6.07, 6.45) is 0.633. The first-order valence-corrected chi connectivity index (χ1v) is 9.01. The fourth-order valence-corrected chi connectivity index (χ4v) is 4.74. The predicted octanol–water partition coefficient (Wildman–Crippen LogP) is 3.73. The van der Waals surface area contributed by atoms with Crippen molar-refractivity contribution < 1.29 is 22.7 Å². The summed E-state index contributed by atoms with van der Waals surface area (Å²) in [7, 11) is 0. The van der Waals surface area contributed by atoms with E-state index in [1.165, 1.54) is 23.1 Å². The molecule has 2 aromatic rings. The van der Waals surface area contributed by atoms with Crippen molar-refractivity contribution in [2.24, 2.45) is 11.7 Å². The van der Waals surface area contributed by atoms with Gasteiger partial charge in [-0.05, 0) is 35.9 Å². The van der Waals surface area contributed by atoms with Crippen molar-refractivity contribution in [3.63, 3.8) is 0 Å². The van der Waals surface area contributed by atoms with Crippen LogP contribution in [-0.2, 0) is 4.74 Å². The number of allylic oxidation sites excluding steroid dienone is 4. The number of halogens is 3. The quantitative estimate of drug-likeness (QED) is 0.848. The second-order valence-corrected chi connectivity index (χ2v) is 7.50. The summed E-state index contributed by atoms with van der Waals surface area (Å²) in [5, 5.41) is 0.281. The highest BCUT2D eigenvalue weighted by molar-refractivity contribution is 7.22. The van der Waals surface area contributed by atoms with E-state index in [4.69, 9.17) is 10.5 Å². The summed E-state index contributed by atoms with van der Waals surface area (Å²) in [4.78, 5) is 17.8. The maximum absolute atomic E-state index is 14.4. The number of fused-ring (bicyclic) bond motifs is 3. The number of primary amides is 1. The standard InChI is InChI=1S/C18H12F3N3O2S/c19-7-1-4-11-12(5-7)27-18(23-11)24(17(22)25)15-8-6-26-16-10(21)3-2-9(20)14(16)13(8)15/h1-5,8-9,15H,6H2,(H2,22,25)/t8-,9?,15+/m1/s1. The molecule has 1 aromatic carbocycles. The van der Waals surface area contributed by atoms with Crippen LogP contribution in [0.25, 0.3) is 10.2 Å². The van der Waals surface area contributed by atoms with Gasteiger partial charge in [-0.2, -0.15) is 0 Å². The average molecular weight is 391 g/mol. The summed E-state index contributed by atoms with van der Waals surface area (Å²) < 4.78 is 47.8. The summed E-state index contributed by atoms with van der Waals surface area (Å²) in [5.41, 5.74) is 6.80. The van der Waals surface area contributed by atoms with E-state index in [0.717, 1.165) is 23.5 Å². The molecule has 0 saturated heterocycles. The van der Waals surface area contributed by atoms with Gasteiger partial charge >= 0.3 is 6.03 Å². The SMILES string of the molecule is NC(=O)N(c1nc2ccc(F)cc2s1)[C@@H]1C2=C3C(=C(F)C=CC3F)OC[C@H]21. The van der Waals surface area contributed by atoms with E-state index < -0.39 is 29.9 Å². The van der Waals surface area contributed by atoms with Crippen LogP contribution in [-0.4, -0.2) is 29.8 Å². The summed E-state index contributed by atoms with van der Waals surface area (Å²) in [6.45, 7) is 0.121. The number of urea groups is 1. The summed E-state index contributed by atoms with van der Waals surface area (Å²) >= 11 is 1.11. The molecule has 1 saturated carbocycles. The molecule has 2 N–H and O–H groups in total. The third-order valence-electron chi connectivity index (χ3n) is 4.92. The molecular weight excluding hydrogens is 379 g/mol. The lowest BCUT2D eigenvalue weighted by Gasteiger charge is -2.21. The molecule has 2 aliphatic carbocycles. The number of nitrogens with two attached hydrogens (primary N) is 1. The fraction of sp³-hybridized carbons (Fsp3) is 0.222. The smallest absolute Gasteiger partial charge is 0.321 e. The Labute approximate surface area is 155 Å². The first-order chi connectivity index (χ1) is 13.0. The summed E-state index contributed by atoms with van der Waals surface area (Å²) in [5.74, 6) is -1.45. The van der Waals surface area contributed by atoms with Gasteiger partial charge in [-0.15, -0.1) is 0 Å². The van der Waals surface area contributed by atoms with Crippen molar-refractivity contribution >= 4 is 32.7 Å². The van der Waals surface area contributed by atoms with Gasteiger partial charge in [0.1, 0.15) is 12.0 Å². The van der Waals surface area contributed by atoms with Gasteiger partial charge in [0.05, 0.1) is 22.9 Å². The van der Waals surface area contributed by atoms with Gasteiger partial charge in [0.2, 0.25) is 0 Å². The van der Waals surface area contributed by atoms with E-state index in [-0.39, 0.29) is 29.0 Å². The topological polar surface area (TPSA) is 68.5 Å². The van der Waals surface area contributed by atoms with Crippen LogP contribution >= 0.6 is 11.3 Å². The molecule has 1 fully saturated rings. The monoisotopic (exact) mass is 391 g/mol. The number of benzene rings is 1. The van der Waals surface area contributed by atoms with E-state index >= 15 is 0 Å². The van der Waals surface area contributed by atoms with Gasteiger partial charge in [-0.1, -0.05) is 11.3 Å². The van der Waals surface area contributed by atoms with Crippen LogP contribution in [0.3, 0.4) is 0 Å². The number of hydrogen-bond acceptors (Lipinski definition) is 4. The van der Waals surface area contributed by atoms with Crippen LogP contribution in [0.1, 0.15) is 0 Å². The van der Waals surface area contributed by atoms with Crippen LogP contribution < -0.4 is 10.6 Å².